The summed E-state index contributed by atoms with van der Waals surface area (Å²) in [5, 5.41) is 11.2. The lowest BCUT2D eigenvalue weighted by molar-refractivity contribution is -0.0230. The summed E-state index contributed by atoms with van der Waals surface area (Å²) in [4.78, 5) is 14.4. The Morgan fingerprint density at radius 3 is 2.54 bits per heavy atom. The van der Waals surface area contributed by atoms with Crippen molar-refractivity contribution in [1.82, 2.24) is 0 Å². The largest absolute Gasteiger partial charge is 0.443 e. The standard InChI is InChI=1S/C19H27NO4/c1-13(2)19(22,12-23-6)16-11-14-9-7-8-10-15(14)20(16)17(21)24-18(3,4)5/h7-10,16,22H,1,11-12H2,2-6H3/t16-,19+/m0/s1. The molecule has 1 aliphatic heterocycles. The van der Waals surface area contributed by atoms with Gasteiger partial charge in [0.15, 0.2) is 0 Å². The first-order chi connectivity index (χ1) is 11.1. The van der Waals surface area contributed by atoms with Crippen molar-refractivity contribution in [2.45, 2.75) is 51.4 Å². The SMILES string of the molecule is C=C(C)[C@](O)(COC)[C@@H]1Cc2ccccc2N1C(=O)OC(C)(C)C. The number of carbonyl (C=O) groups is 1. The van der Waals surface area contributed by atoms with Crippen molar-refractivity contribution in [3.05, 3.63) is 42.0 Å². The second kappa shape index (κ2) is 6.57. The number of carbonyl (C=O) groups excluding carboxylic acids is 1. The number of para-hydroxylation sites is 1. The van der Waals surface area contributed by atoms with Gasteiger partial charge in [-0.2, -0.15) is 0 Å². The number of aliphatic hydroxyl groups is 1. The zero-order valence-electron chi connectivity index (χ0n) is 15.1. The minimum absolute atomic E-state index is 0.0558. The summed E-state index contributed by atoms with van der Waals surface area (Å²) in [7, 11) is 1.52. The number of methoxy groups -OCH3 is 1. The summed E-state index contributed by atoms with van der Waals surface area (Å²) < 4.78 is 10.8. The summed E-state index contributed by atoms with van der Waals surface area (Å²) in [6.45, 7) is 11.2. The Bertz CT molecular complexity index is 634. The fourth-order valence-electron chi connectivity index (χ4n) is 3.03. The molecule has 1 amide bonds. The number of nitrogens with zero attached hydrogens (tertiary/aromatic N) is 1. The second-order valence-corrected chi connectivity index (χ2v) is 7.34. The van der Waals surface area contributed by atoms with Crippen molar-refractivity contribution >= 4 is 11.8 Å². The van der Waals surface area contributed by atoms with Crippen LogP contribution in [0.2, 0.25) is 0 Å². The summed E-state index contributed by atoms with van der Waals surface area (Å²) in [5.41, 5.74) is 0.319. The van der Waals surface area contributed by atoms with Crippen LogP contribution in [-0.4, -0.2) is 42.2 Å². The minimum Gasteiger partial charge on any atom is -0.443 e. The lowest BCUT2D eigenvalue weighted by atomic mass is 9.86. The van der Waals surface area contributed by atoms with Crippen LogP contribution in [0.4, 0.5) is 10.5 Å². The Kier molecular flexibility index (Phi) is 5.06. The number of hydrogen-bond donors (Lipinski definition) is 1. The molecule has 2 rings (SSSR count). The van der Waals surface area contributed by atoms with E-state index in [0.29, 0.717) is 12.0 Å². The third kappa shape index (κ3) is 3.47. The van der Waals surface area contributed by atoms with Gasteiger partial charge in [0, 0.05) is 7.11 Å². The van der Waals surface area contributed by atoms with Gasteiger partial charge >= 0.3 is 6.09 Å². The molecule has 1 aromatic carbocycles. The Morgan fingerprint density at radius 2 is 2.00 bits per heavy atom. The van der Waals surface area contributed by atoms with Crippen molar-refractivity contribution < 1.29 is 19.4 Å². The van der Waals surface area contributed by atoms with Gasteiger partial charge in [0.2, 0.25) is 0 Å². The first-order valence-electron chi connectivity index (χ1n) is 8.07. The fourth-order valence-corrected chi connectivity index (χ4v) is 3.03. The smallest absolute Gasteiger partial charge is 0.415 e. The van der Waals surface area contributed by atoms with E-state index in [1.54, 1.807) is 6.92 Å². The van der Waals surface area contributed by atoms with E-state index >= 15 is 0 Å². The maximum Gasteiger partial charge on any atom is 0.415 e. The highest BCUT2D eigenvalue weighted by atomic mass is 16.6. The molecule has 0 aliphatic carbocycles. The molecule has 0 aromatic heterocycles. The van der Waals surface area contributed by atoms with Gasteiger partial charge in [-0.05, 0) is 51.3 Å². The summed E-state index contributed by atoms with van der Waals surface area (Å²) in [6, 6.07) is 7.09. The monoisotopic (exact) mass is 333 g/mol. The van der Waals surface area contributed by atoms with Crippen LogP contribution in [0.25, 0.3) is 0 Å². The highest BCUT2D eigenvalue weighted by Gasteiger charge is 2.48. The van der Waals surface area contributed by atoms with Crippen LogP contribution < -0.4 is 4.90 Å². The highest BCUT2D eigenvalue weighted by molar-refractivity contribution is 5.92. The van der Waals surface area contributed by atoms with Crippen molar-refractivity contribution in [2.75, 3.05) is 18.6 Å². The normalized spacial score (nSPS) is 19.6. The maximum atomic E-state index is 12.8. The molecule has 1 N–H and O–H groups in total. The second-order valence-electron chi connectivity index (χ2n) is 7.34. The zero-order valence-corrected chi connectivity index (χ0v) is 15.1. The van der Waals surface area contributed by atoms with E-state index in [9.17, 15) is 9.90 Å². The molecule has 5 nitrogen and oxygen atoms in total. The average Bonchev–Trinajstić information content (AvgIpc) is 2.85. The molecule has 0 saturated carbocycles. The van der Waals surface area contributed by atoms with Crippen LogP contribution in [0.1, 0.15) is 33.3 Å². The number of rotatable bonds is 4. The number of anilines is 1. The van der Waals surface area contributed by atoms with Crippen LogP contribution in [0, 0.1) is 0 Å². The van der Waals surface area contributed by atoms with Gasteiger partial charge in [-0.25, -0.2) is 4.79 Å². The summed E-state index contributed by atoms with van der Waals surface area (Å²) >= 11 is 0. The van der Waals surface area contributed by atoms with Crippen LogP contribution >= 0.6 is 0 Å². The first kappa shape index (κ1) is 18.5. The molecule has 0 spiro atoms. The maximum absolute atomic E-state index is 12.8. The fraction of sp³-hybridized carbons (Fsp3) is 0.526. The van der Waals surface area contributed by atoms with Gasteiger partial charge in [0.1, 0.15) is 11.2 Å². The van der Waals surface area contributed by atoms with Gasteiger partial charge in [-0.3, -0.25) is 4.90 Å². The molecular weight excluding hydrogens is 306 g/mol. The molecule has 5 heteroatoms. The molecule has 1 aromatic rings. The van der Waals surface area contributed by atoms with Gasteiger partial charge in [-0.15, -0.1) is 0 Å². The third-order valence-electron chi connectivity index (χ3n) is 4.22. The van der Waals surface area contributed by atoms with E-state index in [0.717, 1.165) is 11.3 Å². The van der Waals surface area contributed by atoms with Crippen LogP contribution in [0.3, 0.4) is 0 Å². The molecule has 0 fully saturated rings. The number of fused-ring (bicyclic) bond motifs is 1. The van der Waals surface area contributed by atoms with Gasteiger partial charge in [0.05, 0.1) is 18.3 Å². The number of benzene rings is 1. The molecular formula is C19H27NO4. The molecule has 0 bridgehead atoms. The van der Waals surface area contributed by atoms with Gasteiger partial charge in [-0.1, -0.05) is 24.8 Å². The van der Waals surface area contributed by atoms with E-state index in [2.05, 4.69) is 6.58 Å². The molecule has 1 aliphatic rings. The lowest BCUT2D eigenvalue weighted by Gasteiger charge is -2.39. The first-order valence-corrected chi connectivity index (χ1v) is 8.07. The predicted octanol–water partition coefficient (Wildman–Crippen LogP) is 3.31. The van der Waals surface area contributed by atoms with E-state index in [4.69, 9.17) is 9.47 Å². The van der Waals surface area contributed by atoms with Gasteiger partial charge < -0.3 is 14.6 Å². The Morgan fingerprint density at radius 1 is 1.38 bits per heavy atom. The number of hydrogen-bond acceptors (Lipinski definition) is 4. The van der Waals surface area contributed by atoms with E-state index in [-0.39, 0.29) is 6.61 Å². The van der Waals surface area contributed by atoms with Crippen LogP contribution in [0.5, 0.6) is 0 Å². The van der Waals surface area contributed by atoms with Crippen molar-refractivity contribution in [3.8, 4) is 0 Å². The Hall–Kier alpha value is -1.85. The van der Waals surface area contributed by atoms with Crippen LogP contribution in [-0.2, 0) is 15.9 Å². The van der Waals surface area contributed by atoms with Gasteiger partial charge in [0.25, 0.3) is 0 Å². The molecule has 132 valence electrons. The topological polar surface area (TPSA) is 59.0 Å². The number of ether oxygens (including phenoxy) is 2. The predicted molar refractivity (Wildman–Crippen MR) is 94.3 cm³/mol. The minimum atomic E-state index is -1.36. The molecule has 0 saturated heterocycles. The third-order valence-corrected chi connectivity index (χ3v) is 4.22. The van der Waals surface area contributed by atoms with Crippen molar-refractivity contribution in [1.29, 1.82) is 0 Å². The quantitative estimate of drug-likeness (QED) is 0.859. The molecule has 24 heavy (non-hydrogen) atoms. The number of amides is 1. The van der Waals surface area contributed by atoms with Crippen LogP contribution in [0.15, 0.2) is 36.4 Å². The lowest BCUT2D eigenvalue weighted by Crippen LogP contribution is -2.57. The molecule has 2 atom stereocenters. The molecule has 0 unspecified atom stereocenters. The summed E-state index contributed by atoms with van der Waals surface area (Å²) in [5.74, 6) is 0. The summed E-state index contributed by atoms with van der Waals surface area (Å²) in [6.07, 6.45) is 0.0375. The highest BCUT2D eigenvalue weighted by Crippen LogP contribution is 2.39. The average molecular weight is 333 g/mol. The molecule has 0 radical (unpaired) electrons. The van der Waals surface area contributed by atoms with Crippen molar-refractivity contribution in [3.63, 3.8) is 0 Å². The zero-order chi connectivity index (χ0) is 18.1. The Balaban J connectivity index is 2.47. The van der Waals surface area contributed by atoms with E-state index < -0.39 is 23.3 Å². The van der Waals surface area contributed by atoms with E-state index in [1.807, 2.05) is 45.0 Å². The molecule has 1 heterocycles. The Labute approximate surface area is 143 Å². The van der Waals surface area contributed by atoms with Crippen molar-refractivity contribution in [2.24, 2.45) is 0 Å². The van der Waals surface area contributed by atoms with E-state index in [1.165, 1.54) is 12.0 Å².